The molecule has 0 aliphatic heterocycles. The van der Waals surface area contributed by atoms with E-state index < -0.39 is 0 Å². The van der Waals surface area contributed by atoms with Crippen LogP contribution >= 0.6 is 0 Å². The number of nitrogens with two attached hydrogens (primary N) is 1. The average molecular weight is 263 g/mol. The highest BCUT2D eigenvalue weighted by Crippen LogP contribution is 2.20. The van der Waals surface area contributed by atoms with Gasteiger partial charge in [0.05, 0.1) is 0 Å². The maximum Gasteiger partial charge on any atom is 0.227 e. The predicted molar refractivity (Wildman–Crippen MR) is 71.0 cm³/mol. The lowest BCUT2D eigenvalue weighted by atomic mass is 10.0. The Labute approximate surface area is 111 Å². The van der Waals surface area contributed by atoms with E-state index in [1.807, 2.05) is 0 Å². The Kier molecular flexibility index (Phi) is 4.27. The van der Waals surface area contributed by atoms with Crippen molar-refractivity contribution in [2.45, 2.75) is 26.7 Å². The number of nitrogens with zero attached hydrogens (tertiary/aromatic N) is 2. The first-order valence-electron chi connectivity index (χ1n) is 6.43. The Balaban J connectivity index is 2.18. The van der Waals surface area contributed by atoms with Crippen molar-refractivity contribution in [2.24, 2.45) is 11.7 Å². The number of halogens is 1. The van der Waals surface area contributed by atoms with Crippen LogP contribution in [0.15, 0.2) is 22.7 Å². The first-order chi connectivity index (χ1) is 9.13. The zero-order chi connectivity index (χ0) is 13.8. The van der Waals surface area contributed by atoms with Crippen LogP contribution in [-0.4, -0.2) is 16.7 Å². The first kappa shape index (κ1) is 13.7. The van der Waals surface area contributed by atoms with E-state index in [2.05, 4.69) is 17.1 Å². The van der Waals surface area contributed by atoms with Crippen LogP contribution in [0.3, 0.4) is 0 Å². The van der Waals surface area contributed by atoms with Gasteiger partial charge in [0.2, 0.25) is 11.7 Å². The van der Waals surface area contributed by atoms with Crippen LogP contribution in [0.25, 0.3) is 11.4 Å². The minimum atomic E-state index is -0.235. The lowest BCUT2D eigenvalue weighted by molar-refractivity contribution is 0.350. The molecule has 0 fully saturated rings. The Bertz CT molecular complexity index is 549. The molecule has 0 saturated carbocycles. The number of benzene rings is 1. The minimum Gasteiger partial charge on any atom is -0.339 e. The number of rotatable bonds is 5. The molecule has 102 valence electrons. The van der Waals surface area contributed by atoms with Gasteiger partial charge in [-0.3, -0.25) is 0 Å². The fraction of sp³-hybridized carbons (Fsp3) is 0.429. The summed E-state index contributed by atoms with van der Waals surface area (Å²) in [5.41, 5.74) is 6.98. The molecule has 0 radical (unpaired) electrons. The van der Waals surface area contributed by atoms with E-state index in [1.165, 1.54) is 6.07 Å². The second-order valence-corrected chi connectivity index (χ2v) is 4.69. The van der Waals surface area contributed by atoms with Crippen molar-refractivity contribution in [3.8, 4) is 11.4 Å². The van der Waals surface area contributed by atoms with Crippen LogP contribution in [0.5, 0.6) is 0 Å². The highest BCUT2D eigenvalue weighted by Gasteiger charge is 2.13. The van der Waals surface area contributed by atoms with E-state index in [-0.39, 0.29) is 5.82 Å². The van der Waals surface area contributed by atoms with Gasteiger partial charge >= 0.3 is 0 Å². The van der Waals surface area contributed by atoms with E-state index in [9.17, 15) is 4.39 Å². The van der Waals surface area contributed by atoms with E-state index in [0.29, 0.717) is 36.2 Å². The third kappa shape index (κ3) is 3.17. The average Bonchev–Trinajstić information content (AvgIpc) is 2.87. The number of aryl methyl sites for hydroxylation is 1. The fourth-order valence-corrected chi connectivity index (χ4v) is 1.88. The Morgan fingerprint density at radius 3 is 2.84 bits per heavy atom. The summed E-state index contributed by atoms with van der Waals surface area (Å²) >= 11 is 0. The molecule has 0 aliphatic rings. The molecule has 4 nitrogen and oxygen atoms in total. The Morgan fingerprint density at radius 2 is 2.21 bits per heavy atom. The summed E-state index contributed by atoms with van der Waals surface area (Å²) in [6, 6.07) is 4.77. The number of hydrogen-bond acceptors (Lipinski definition) is 4. The molecular formula is C14H18FN3O. The SMILES string of the molecule is CCC(CN)Cc1nc(-c2ccc(F)c(C)c2)no1. The van der Waals surface area contributed by atoms with E-state index >= 15 is 0 Å². The van der Waals surface area contributed by atoms with Gasteiger partial charge in [-0.15, -0.1) is 0 Å². The highest BCUT2D eigenvalue weighted by molar-refractivity contribution is 5.55. The van der Waals surface area contributed by atoms with Crippen molar-refractivity contribution in [3.05, 3.63) is 35.5 Å². The molecule has 1 atom stereocenters. The quantitative estimate of drug-likeness (QED) is 0.900. The smallest absolute Gasteiger partial charge is 0.227 e. The number of hydrogen-bond donors (Lipinski definition) is 1. The monoisotopic (exact) mass is 263 g/mol. The molecule has 19 heavy (non-hydrogen) atoms. The van der Waals surface area contributed by atoms with E-state index in [1.54, 1.807) is 19.1 Å². The van der Waals surface area contributed by atoms with Crippen molar-refractivity contribution in [1.29, 1.82) is 0 Å². The summed E-state index contributed by atoms with van der Waals surface area (Å²) in [6.45, 7) is 4.39. The first-order valence-corrected chi connectivity index (χ1v) is 6.43. The minimum absolute atomic E-state index is 0.235. The van der Waals surface area contributed by atoms with Gasteiger partial charge in [-0.2, -0.15) is 4.98 Å². The topological polar surface area (TPSA) is 64.9 Å². The maximum absolute atomic E-state index is 13.2. The zero-order valence-electron chi connectivity index (χ0n) is 11.2. The third-order valence-electron chi connectivity index (χ3n) is 3.26. The summed E-state index contributed by atoms with van der Waals surface area (Å²) in [4.78, 5) is 4.33. The predicted octanol–water partition coefficient (Wildman–Crippen LogP) is 2.71. The molecular weight excluding hydrogens is 245 g/mol. The van der Waals surface area contributed by atoms with Crippen LogP contribution < -0.4 is 5.73 Å². The fourth-order valence-electron chi connectivity index (χ4n) is 1.88. The molecule has 1 aromatic heterocycles. The molecule has 2 N–H and O–H groups in total. The molecule has 0 aliphatic carbocycles. The van der Waals surface area contributed by atoms with Gasteiger partial charge in [-0.1, -0.05) is 18.5 Å². The highest BCUT2D eigenvalue weighted by atomic mass is 19.1. The van der Waals surface area contributed by atoms with Gasteiger partial charge in [0.15, 0.2) is 0 Å². The zero-order valence-corrected chi connectivity index (χ0v) is 11.2. The van der Waals surface area contributed by atoms with Crippen molar-refractivity contribution in [3.63, 3.8) is 0 Å². The van der Waals surface area contributed by atoms with Gasteiger partial charge in [-0.25, -0.2) is 4.39 Å². The molecule has 2 rings (SSSR count). The van der Waals surface area contributed by atoms with E-state index in [4.69, 9.17) is 10.3 Å². The van der Waals surface area contributed by atoms with Crippen LogP contribution in [0.2, 0.25) is 0 Å². The van der Waals surface area contributed by atoms with Crippen LogP contribution in [0.1, 0.15) is 24.8 Å². The van der Waals surface area contributed by atoms with Gasteiger partial charge in [0.1, 0.15) is 5.82 Å². The summed E-state index contributed by atoms with van der Waals surface area (Å²) in [7, 11) is 0. The summed E-state index contributed by atoms with van der Waals surface area (Å²) in [5.74, 6) is 1.18. The lowest BCUT2D eigenvalue weighted by Gasteiger charge is -2.07. The van der Waals surface area contributed by atoms with Crippen molar-refractivity contribution in [2.75, 3.05) is 6.54 Å². The molecule has 0 saturated heterocycles. The van der Waals surface area contributed by atoms with Crippen molar-refractivity contribution >= 4 is 0 Å². The standard InChI is InChI=1S/C14H18FN3O/c1-3-10(8-16)7-13-17-14(18-19-13)11-4-5-12(15)9(2)6-11/h4-6,10H,3,7-8,16H2,1-2H3. The van der Waals surface area contributed by atoms with Crippen LogP contribution in [-0.2, 0) is 6.42 Å². The Hall–Kier alpha value is -1.75. The maximum atomic E-state index is 13.2. The summed E-state index contributed by atoms with van der Waals surface area (Å²) < 4.78 is 18.4. The van der Waals surface area contributed by atoms with Gasteiger partial charge in [0.25, 0.3) is 0 Å². The summed E-state index contributed by atoms with van der Waals surface area (Å²) in [6.07, 6.45) is 1.66. The lowest BCUT2D eigenvalue weighted by Crippen LogP contribution is -2.15. The van der Waals surface area contributed by atoms with Gasteiger partial charge < -0.3 is 10.3 Å². The Morgan fingerprint density at radius 1 is 1.42 bits per heavy atom. The second kappa shape index (κ2) is 5.93. The van der Waals surface area contributed by atoms with Crippen LogP contribution in [0.4, 0.5) is 4.39 Å². The van der Waals surface area contributed by atoms with Crippen molar-refractivity contribution in [1.82, 2.24) is 10.1 Å². The molecule has 0 bridgehead atoms. The van der Waals surface area contributed by atoms with Gasteiger partial charge in [0, 0.05) is 12.0 Å². The van der Waals surface area contributed by atoms with Crippen molar-refractivity contribution < 1.29 is 8.91 Å². The molecule has 2 aromatic rings. The molecule has 1 aromatic carbocycles. The largest absolute Gasteiger partial charge is 0.339 e. The normalized spacial score (nSPS) is 12.6. The third-order valence-corrected chi connectivity index (χ3v) is 3.26. The number of aromatic nitrogens is 2. The molecule has 0 amide bonds. The molecule has 1 unspecified atom stereocenters. The molecule has 1 heterocycles. The summed E-state index contributed by atoms with van der Waals surface area (Å²) in [5, 5.41) is 3.93. The van der Waals surface area contributed by atoms with Gasteiger partial charge in [-0.05, 0) is 43.1 Å². The second-order valence-electron chi connectivity index (χ2n) is 4.69. The molecule has 0 spiro atoms. The van der Waals surface area contributed by atoms with Crippen LogP contribution in [0, 0.1) is 18.7 Å². The van der Waals surface area contributed by atoms with E-state index in [0.717, 1.165) is 12.0 Å². The molecule has 5 heteroatoms.